The molecule has 3 aliphatic rings. The van der Waals surface area contributed by atoms with Crippen molar-refractivity contribution in [1.29, 1.82) is 0 Å². The molecule has 8 nitrogen and oxygen atoms in total. The van der Waals surface area contributed by atoms with Crippen molar-refractivity contribution in [3.8, 4) is 0 Å². The van der Waals surface area contributed by atoms with Crippen LogP contribution < -0.4 is 15.5 Å². The van der Waals surface area contributed by atoms with Crippen LogP contribution in [0.3, 0.4) is 0 Å². The Morgan fingerprint density at radius 3 is 2.38 bits per heavy atom. The molecule has 0 bridgehead atoms. The summed E-state index contributed by atoms with van der Waals surface area (Å²) in [4.78, 5) is 21.0. The third kappa shape index (κ3) is 5.80. The van der Waals surface area contributed by atoms with Crippen molar-refractivity contribution in [2.45, 2.75) is 94.2 Å². The van der Waals surface area contributed by atoms with Gasteiger partial charge < -0.3 is 20.6 Å². The maximum atomic E-state index is 13.6. The summed E-state index contributed by atoms with van der Waals surface area (Å²) < 4.78 is 26.7. The second-order valence-electron chi connectivity index (χ2n) is 12.5. The monoisotopic (exact) mass is 554 g/mol. The van der Waals surface area contributed by atoms with E-state index in [9.17, 15) is 18.3 Å². The number of hydrogen-bond acceptors (Lipinski definition) is 7. The fraction of sp³-hybridized carbons (Fsp3) is 0.600. The van der Waals surface area contributed by atoms with E-state index in [0.717, 1.165) is 38.8 Å². The number of nitrogens with one attached hydrogen (secondary N) is 2. The number of aromatic nitrogens is 1. The fourth-order valence-corrected chi connectivity index (χ4v) is 8.37. The number of carbonyl (C=O) groups is 1. The van der Waals surface area contributed by atoms with Crippen molar-refractivity contribution in [2.24, 2.45) is 5.41 Å². The minimum Gasteiger partial charge on any atom is -0.394 e. The quantitative estimate of drug-likeness (QED) is 0.405. The molecule has 1 aliphatic heterocycles. The number of aliphatic hydroxyl groups excluding tert-OH is 1. The number of aliphatic hydroxyl groups is 1. The smallest absolute Gasteiger partial charge is 0.259 e. The Bertz CT molecular complexity index is 1320. The molecule has 1 aromatic carbocycles. The van der Waals surface area contributed by atoms with E-state index in [1.807, 2.05) is 13.8 Å². The van der Waals surface area contributed by atoms with Crippen LogP contribution in [-0.4, -0.2) is 54.9 Å². The van der Waals surface area contributed by atoms with Gasteiger partial charge in [-0.2, -0.15) is 0 Å². The highest BCUT2D eigenvalue weighted by Gasteiger charge is 2.40. The summed E-state index contributed by atoms with van der Waals surface area (Å²) >= 11 is 0. The lowest BCUT2D eigenvalue weighted by molar-refractivity contribution is 0.0950. The maximum absolute atomic E-state index is 13.6. The maximum Gasteiger partial charge on any atom is 0.259 e. The molecule has 1 saturated heterocycles. The standard InChI is InChI=1S/C30H42N4O4S/c1-21-9-10-22(19-25(21)39(37,38)23-7-4-5-8-23)31-28(36)24-11-12-26(33-29(2,3)20-35)32-27(24)34-17-15-30(16-18-34)13-6-14-30/h9-12,19,23,35H,4-8,13-18,20H2,1-3H3,(H,31,36)(H,32,33). The van der Waals surface area contributed by atoms with Gasteiger partial charge in [0.15, 0.2) is 9.84 Å². The third-order valence-electron chi connectivity index (χ3n) is 9.01. The zero-order chi connectivity index (χ0) is 27.8. The van der Waals surface area contributed by atoms with Crippen LogP contribution in [-0.2, 0) is 9.84 Å². The Balaban J connectivity index is 1.42. The van der Waals surface area contributed by atoms with Crippen LogP contribution in [0.5, 0.6) is 0 Å². The molecule has 2 aliphatic carbocycles. The highest BCUT2D eigenvalue weighted by molar-refractivity contribution is 7.92. The second-order valence-corrected chi connectivity index (χ2v) is 14.7. The first kappa shape index (κ1) is 27.9. The van der Waals surface area contributed by atoms with E-state index in [1.54, 1.807) is 37.3 Å². The minimum absolute atomic E-state index is 0.0575. The van der Waals surface area contributed by atoms with Crippen LogP contribution >= 0.6 is 0 Å². The molecule has 1 amide bonds. The van der Waals surface area contributed by atoms with Gasteiger partial charge >= 0.3 is 0 Å². The predicted octanol–water partition coefficient (Wildman–Crippen LogP) is 5.31. The third-order valence-corrected chi connectivity index (χ3v) is 11.4. The molecule has 2 aromatic rings. The summed E-state index contributed by atoms with van der Waals surface area (Å²) in [5, 5.41) is 15.6. The fourth-order valence-electron chi connectivity index (χ4n) is 6.25. The van der Waals surface area contributed by atoms with E-state index in [0.29, 0.717) is 51.6 Å². The van der Waals surface area contributed by atoms with Gasteiger partial charge in [0, 0.05) is 18.8 Å². The molecule has 0 atom stereocenters. The highest BCUT2D eigenvalue weighted by atomic mass is 32.2. The lowest BCUT2D eigenvalue weighted by atomic mass is 9.63. The lowest BCUT2D eigenvalue weighted by Gasteiger charge is -2.48. The van der Waals surface area contributed by atoms with E-state index < -0.39 is 15.4 Å². The molecule has 3 N–H and O–H groups in total. The molecule has 1 aromatic heterocycles. The summed E-state index contributed by atoms with van der Waals surface area (Å²) in [5.74, 6) is 0.901. The lowest BCUT2D eigenvalue weighted by Crippen LogP contribution is -2.44. The molecular formula is C30H42N4O4S. The number of aryl methyl sites for hydroxylation is 1. The molecule has 1 spiro atoms. The Hall–Kier alpha value is -2.65. The van der Waals surface area contributed by atoms with Crippen molar-refractivity contribution in [1.82, 2.24) is 4.98 Å². The van der Waals surface area contributed by atoms with E-state index >= 15 is 0 Å². The first-order valence-electron chi connectivity index (χ1n) is 14.3. The van der Waals surface area contributed by atoms with Crippen LogP contribution in [0.25, 0.3) is 0 Å². The molecule has 3 fully saturated rings. The first-order valence-corrected chi connectivity index (χ1v) is 15.9. The van der Waals surface area contributed by atoms with Crippen LogP contribution in [0, 0.1) is 12.3 Å². The molecular weight excluding hydrogens is 512 g/mol. The van der Waals surface area contributed by atoms with Crippen molar-refractivity contribution in [3.63, 3.8) is 0 Å². The average Bonchev–Trinajstić information content (AvgIpc) is 3.45. The summed E-state index contributed by atoms with van der Waals surface area (Å²) in [6.45, 7) is 7.22. The van der Waals surface area contributed by atoms with Gasteiger partial charge in [0.25, 0.3) is 5.91 Å². The van der Waals surface area contributed by atoms with E-state index in [1.165, 1.54) is 19.3 Å². The number of benzene rings is 1. The van der Waals surface area contributed by atoms with Gasteiger partial charge in [0.1, 0.15) is 11.6 Å². The summed E-state index contributed by atoms with van der Waals surface area (Å²) in [5.41, 5.74) is 1.50. The normalized spacial score (nSPS) is 19.6. The Kier molecular flexibility index (Phi) is 7.68. The minimum atomic E-state index is -3.45. The van der Waals surface area contributed by atoms with E-state index in [2.05, 4.69) is 15.5 Å². The largest absolute Gasteiger partial charge is 0.394 e. The van der Waals surface area contributed by atoms with Gasteiger partial charge in [0.2, 0.25) is 0 Å². The van der Waals surface area contributed by atoms with Crippen LogP contribution in [0.2, 0.25) is 0 Å². The van der Waals surface area contributed by atoms with E-state index in [4.69, 9.17) is 4.98 Å². The van der Waals surface area contributed by atoms with Crippen molar-refractivity contribution in [2.75, 3.05) is 35.2 Å². The summed E-state index contributed by atoms with van der Waals surface area (Å²) in [6.07, 6.45) is 9.32. The number of hydrogen-bond donors (Lipinski definition) is 3. The van der Waals surface area contributed by atoms with Crippen LogP contribution in [0.1, 0.15) is 87.6 Å². The topological polar surface area (TPSA) is 112 Å². The molecule has 2 heterocycles. The number of rotatable bonds is 8. The number of anilines is 3. The summed E-state index contributed by atoms with van der Waals surface area (Å²) in [6, 6.07) is 8.66. The van der Waals surface area contributed by atoms with Crippen molar-refractivity contribution < 1.29 is 18.3 Å². The molecule has 0 unspecified atom stereocenters. The molecule has 0 radical (unpaired) electrons. The predicted molar refractivity (Wildman–Crippen MR) is 155 cm³/mol. The Morgan fingerprint density at radius 2 is 1.77 bits per heavy atom. The Labute approximate surface area is 232 Å². The zero-order valence-corrected chi connectivity index (χ0v) is 24.2. The van der Waals surface area contributed by atoms with Gasteiger partial charge in [-0.15, -0.1) is 0 Å². The van der Waals surface area contributed by atoms with Gasteiger partial charge in [-0.25, -0.2) is 13.4 Å². The van der Waals surface area contributed by atoms with Crippen molar-refractivity contribution >= 4 is 33.1 Å². The molecule has 5 rings (SSSR count). The molecule has 9 heteroatoms. The van der Waals surface area contributed by atoms with Crippen molar-refractivity contribution in [3.05, 3.63) is 41.5 Å². The van der Waals surface area contributed by atoms with Gasteiger partial charge in [0.05, 0.1) is 27.9 Å². The number of piperidine rings is 1. The number of sulfone groups is 1. The van der Waals surface area contributed by atoms with Gasteiger partial charge in [-0.1, -0.05) is 25.3 Å². The summed E-state index contributed by atoms with van der Waals surface area (Å²) in [7, 11) is -3.45. The zero-order valence-electron chi connectivity index (χ0n) is 23.4. The second kappa shape index (κ2) is 10.7. The number of nitrogens with zero attached hydrogens (tertiary/aromatic N) is 2. The number of amides is 1. The number of pyridine rings is 1. The van der Waals surface area contributed by atoms with Gasteiger partial charge in [-0.3, -0.25) is 4.79 Å². The molecule has 2 saturated carbocycles. The SMILES string of the molecule is Cc1ccc(NC(=O)c2ccc(NC(C)(C)CO)nc2N2CCC3(CCC3)CC2)cc1S(=O)(=O)C1CCCC1. The van der Waals surface area contributed by atoms with Crippen LogP contribution in [0.15, 0.2) is 35.2 Å². The van der Waals surface area contributed by atoms with Crippen LogP contribution in [0.4, 0.5) is 17.3 Å². The molecule has 212 valence electrons. The van der Waals surface area contributed by atoms with E-state index in [-0.39, 0.29) is 17.8 Å². The van der Waals surface area contributed by atoms with Gasteiger partial charge in [-0.05, 0) is 94.5 Å². The Morgan fingerprint density at radius 1 is 1.08 bits per heavy atom. The average molecular weight is 555 g/mol. The highest BCUT2D eigenvalue weighted by Crippen LogP contribution is 2.49. The number of carbonyl (C=O) groups excluding carboxylic acids is 1. The first-order chi connectivity index (χ1) is 18.5. The molecule has 39 heavy (non-hydrogen) atoms.